The predicted molar refractivity (Wildman–Crippen MR) is 57.1 cm³/mol. The molecule has 0 atom stereocenters. The number of nitro groups is 1. The summed E-state index contributed by atoms with van der Waals surface area (Å²) in [4.78, 5) is 21.1. The Labute approximate surface area is 90.6 Å². The minimum atomic E-state index is -0.468. The molecule has 0 spiro atoms. The average Bonchev–Trinajstić information content (AvgIpc) is 2.60. The van der Waals surface area contributed by atoms with Gasteiger partial charge in [-0.2, -0.15) is 5.10 Å². The molecular formula is C10H9N3O3. The van der Waals surface area contributed by atoms with E-state index in [2.05, 4.69) is 5.10 Å². The van der Waals surface area contributed by atoms with Crippen LogP contribution >= 0.6 is 0 Å². The van der Waals surface area contributed by atoms with Crippen molar-refractivity contribution in [3.05, 3.63) is 34.5 Å². The van der Waals surface area contributed by atoms with Crippen molar-refractivity contribution >= 4 is 22.4 Å². The molecule has 0 N–H and O–H groups in total. The molecule has 0 radical (unpaired) electrons. The fraction of sp³-hybridized carbons (Fsp3) is 0.200. The van der Waals surface area contributed by atoms with E-state index in [9.17, 15) is 14.9 Å². The average molecular weight is 219 g/mol. The molecule has 1 heterocycles. The molecule has 0 aliphatic carbocycles. The number of carbonyl (C=O) groups is 1. The molecule has 1 aromatic heterocycles. The van der Waals surface area contributed by atoms with Crippen LogP contribution in [0.1, 0.15) is 6.92 Å². The van der Waals surface area contributed by atoms with Crippen LogP contribution in [0.5, 0.6) is 0 Å². The molecule has 6 heteroatoms. The van der Waals surface area contributed by atoms with Crippen LogP contribution in [0.2, 0.25) is 0 Å². The Morgan fingerprint density at radius 2 is 2.31 bits per heavy atom. The molecule has 1 aromatic carbocycles. The Balaban J connectivity index is 2.55. The second-order valence-corrected chi connectivity index (χ2v) is 3.50. The van der Waals surface area contributed by atoms with Crippen LogP contribution in [0.3, 0.4) is 0 Å². The molecule has 6 nitrogen and oxygen atoms in total. The summed E-state index contributed by atoms with van der Waals surface area (Å²) in [5.74, 6) is -0.0449. The van der Waals surface area contributed by atoms with E-state index in [1.807, 2.05) is 0 Å². The van der Waals surface area contributed by atoms with E-state index < -0.39 is 4.92 Å². The standard InChI is InChI=1S/C10H9N3O3/c1-7(14)6-12-10-4-9(13(15)16)3-2-8(10)5-11-12/h2-5H,6H2,1H3. The molecule has 0 saturated heterocycles. The molecule has 0 aliphatic rings. The number of hydrogen-bond acceptors (Lipinski definition) is 4. The van der Waals surface area contributed by atoms with Crippen LogP contribution < -0.4 is 0 Å². The summed E-state index contributed by atoms with van der Waals surface area (Å²) >= 11 is 0. The number of benzene rings is 1. The first kappa shape index (κ1) is 10.3. The first-order chi connectivity index (χ1) is 7.58. The fourth-order valence-electron chi connectivity index (χ4n) is 1.51. The summed E-state index contributed by atoms with van der Waals surface area (Å²) in [6.07, 6.45) is 1.59. The van der Waals surface area contributed by atoms with Crippen LogP contribution in [0.4, 0.5) is 5.69 Å². The monoisotopic (exact) mass is 219 g/mol. The van der Waals surface area contributed by atoms with E-state index in [1.165, 1.54) is 23.7 Å². The topological polar surface area (TPSA) is 78.0 Å². The lowest BCUT2D eigenvalue weighted by Crippen LogP contribution is -2.07. The second-order valence-electron chi connectivity index (χ2n) is 3.50. The number of nitrogens with zero attached hydrogens (tertiary/aromatic N) is 3. The number of aromatic nitrogens is 2. The normalized spacial score (nSPS) is 10.6. The number of nitro benzene ring substituents is 1. The quantitative estimate of drug-likeness (QED) is 0.579. The predicted octanol–water partition coefficient (Wildman–Crippen LogP) is 1.53. The Hall–Kier alpha value is -2.24. The molecular weight excluding hydrogens is 210 g/mol. The third-order valence-corrected chi connectivity index (χ3v) is 2.21. The lowest BCUT2D eigenvalue weighted by molar-refractivity contribution is -0.384. The summed E-state index contributed by atoms with van der Waals surface area (Å²) in [6, 6.07) is 4.46. The van der Waals surface area contributed by atoms with Crippen molar-refractivity contribution in [2.75, 3.05) is 0 Å². The summed E-state index contributed by atoms with van der Waals surface area (Å²) in [7, 11) is 0. The Kier molecular flexibility index (Phi) is 2.40. The van der Waals surface area contributed by atoms with Crippen LogP contribution in [0.25, 0.3) is 10.9 Å². The van der Waals surface area contributed by atoms with E-state index in [0.29, 0.717) is 5.52 Å². The van der Waals surface area contributed by atoms with Gasteiger partial charge in [-0.05, 0) is 13.0 Å². The molecule has 2 rings (SSSR count). The van der Waals surface area contributed by atoms with Crippen molar-refractivity contribution in [2.45, 2.75) is 13.5 Å². The van der Waals surface area contributed by atoms with Gasteiger partial charge in [-0.1, -0.05) is 0 Å². The van der Waals surface area contributed by atoms with Gasteiger partial charge in [0.2, 0.25) is 0 Å². The zero-order chi connectivity index (χ0) is 11.7. The van der Waals surface area contributed by atoms with Crippen molar-refractivity contribution < 1.29 is 9.72 Å². The van der Waals surface area contributed by atoms with Crippen LogP contribution in [-0.4, -0.2) is 20.5 Å². The van der Waals surface area contributed by atoms with E-state index >= 15 is 0 Å². The van der Waals surface area contributed by atoms with Gasteiger partial charge >= 0.3 is 0 Å². The van der Waals surface area contributed by atoms with Gasteiger partial charge in [-0.15, -0.1) is 0 Å². The van der Waals surface area contributed by atoms with Gasteiger partial charge in [-0.25, -0.2) is 0 Å². The maximum Gasteiger partial charge on any atom is 0.271 e. The molecule has 0 bridgehead atoms. The van der Waals surface area contributed by atoms with Crippen molar-refractivity contribution in [3.63, 3.8) is 0 Å². The number of carbonyl (C=O) groups excluding carboxylic acids is 1. The maximum absolute atomic E-state index is 11.0. The van der Waals surface area contributed by atoms with Gasteiger partial charge in [0.1, 0.15) is 0 Å². The SMILES string of the molecule is CC(=O)Cn1ncc2ccc([N+](=O)[O-])cc21. The third-order valence-electron chi connectivity index (χ3n) is 2.21. The first-order valence-electron chi connectivity index (χ1n) is 4.67. The number of fused-ring (bicyclic) bond motifs is 1. The molecule has 0 aliphatic heterocycles. The smallest absolute Gasteiger partial charge is 0.271 e. The Morgan fingerprint density at radius 3 is 2.94 bits per heavy atom. The van der Waals surface area contributed by atoms with Crippen LogP contribution in [0.15, 0.2) is 24.4 Å². The molecule has 0 fully saturated rings. The van der Waals surface area contributed by atoms with Crippen LogP contribution in [0, 0.1) is 10.1 Å². The third kappa shape index (κ3) is 1.77. The maximum atomic E-state index is 11.0. The van der Waals surface area contributed by atoms with Gasteiger partial charge in [0.25, 0.3) is 5.69 Å². The summed E-state index contributed by atoms with van der Waals surface area (Å²) in [5.41, 5.74) is 0.599. The molecule has 0 unspecified atom stereocenters. The van der Waals surface area contributed by atoms with E-state index in [1.54, 1.807) is 12.3 Å². The highest BCUT2D eigenvalue weighted by molar-refractivity contribution is 5.83. The zero-order valence-electron chi connectivity index (χ0n) is 8.58. The number of Topliss-reactive ketones (excluding diaryl/α,β-unsaturated/α-hetero) is 1. The lowest BCUT2D eigenvalue weighted by atomic mass is 10.2. The lowest BCUT2D eigenvalue weighted by Gasteiger charge is -1.99. The molecule has 82 valence electrons. The largest absolute Gasteiger partial charge is 0.298 e. The number of non-ortho nitro benzene ring substituents is 1. The highest BCUT2D eigenvalue weighted by Gasteiger charge is 2.10. The first-order valence-corrected chi connectivity index (χ1v) is 4.67. The summed E-state index contributed by atoms with van der Waals surface area (Å²) < 4.78 is 1.46. The Morgan fingerprint density at radius 1 is 1.56 bits per heavy atom. The van der Waals surface area contributed by atoms with E-state index in [-0.39, 0.29) is 18.0 Å². The number of hydrogen-bond donors (Lipinski definition) is 0. The van der Waals surface area contributed by atoms with Gasteiger partial charge in [0.15, 0.2) is 5.78 Å². The van der Waals surface area contributed by atoms with Crippen molar-refractivity contribution in [1.82, 2.24) is 9.78 Å². The minimum absolute atomic E-state index is 0.00204. The molecule has 0 saturated carbocycles. The molecule has 0 amide bonds. The second kappa shape index (κ2) is 3.73. The van der Waals surface area contributed by atoms with Crippen LogP contribution in [-0.2, 0) is 11.3 Å². The molecule has 2 aromatic rings. The number of rotatable bonds is 3. The highest BCUT2D eigenvalue weighted by atomic mass is 16.6. The highest BCUT2D eigenvalue weighted by Crippen LogP contribution is 2.20. The van der Waals surface area contributed by atoms with Crippen molar-refractivity contribution in [1.29, 1.82) is 0 Å². The number of ketones is 1. The fourth-order valence-corrected chi connectivity index (χ4v) is 1.51. The summed E-state index contributed by atoms with van der Waals surface area (Å²) in [5, 5.41) is 15.4. The van der Waals surface area contributed by atoms with Crippen molar-refractivity contribution in [2.24, 2.45) is 0 Å². The molecule has 16 heavy (non-hydrogen) atoms. The minimum Gasteiger partial charge on any atom is -0.298 e. The van der Waals surface area contributed by atoms with Gasteiger partial charge in [0, 0.05) is 17.5 Å². The van der Waals surface area contributed by atoms with E-state index in [4.69, 9.17) is 0 Å². The van der Waals surface area contributed by atoms with Gasteiger partial charge in [-0.3, -0.25) is 19.6 Å². The zero-order valence-corrected chi connectivity index (χ0v) is 8.58. The summed E-state index contributed by atoms with van der Waals surface area (Å²) in [6.45, 7) is 1.58. The Bertz CT molecular complexity index is 574. The van der Waals surface area contributed by atoms with Gasteiger partial charge in [0.05, 0.1) is 23.2 Å². The van der Waals surface area contributed by atoms with E-state index in [0.717, 1.165) is 5.39 Å². The van der Waals surface area contributed by atoms with Crippen molar-refractivity contribution in [3.8, 4) is 0 Å². The van der Waals surface area contributed by atoms with Gasteiger partial charge < -0.3 is 0 Å².